The number of hydrogen-bond donors (Lipinski definition) is 13. The van der Waals surface area contributed by atoms with Crippen LogP contribution in [0.2, 0.25) is 0 Å². The number of ketones is 1. The molecule has 10 rings (SSSR count). The van der Waals surface area contributed by atoms with Crippen LogP contribution < -0.4 is 16.8 Å². The van der Waals surface area contributed by atoms with Crippen LogP contribution in [0.15, 0.2) is 33.4 Å². The fourth-order valence-electron chi connectivity index (χ4n) is 28.0. The molecule has 15 N–H and O–H groups in total. The number of carbonyl (C=O) groups excluding carboxylic acids is 2. The molecule has 6 saturated carbocycles. The molecule has 38 atom stereocenters. The van der Waals surface area contributed by atoms with Crippen molar-refractivity contribution in [2.45, 2.75) is 331 Å². The molecule has 1 aliphatic heterocycles. The first-order chi connectivity index (χ1) is 48.9. The van der Waals surface area contributed by atoms with E-state index in [1.165, 1.54) is 42.2 Å². The molecule has 6 bridgehead atoms. The first-order valence-corrected chi connectivity index (χ1v) is 41.3. The van der Waals surface area contributed by atoms with E-state index in [4.69, 9.17) is 35.6 Å². The zero-order valence-corrected chi connectivity index (χ0v) is 82.5. The number of alkyl carbamates (subject to hydrolysis) is 1. The Kier molecular flexibility index (Phi) is 31.1. The summed E-state index contributed by atoms with van der Waals surface area (Å²) in [5.41, 5.74) is 12.7. The fourth-order valence-corrected chi connectivity index (χ4v) is 28.0. The summed E-state index contributed by atoms with van der Waals surface area (Å²) in [4.78, 5) is 40.7. The molecule has 31 unspecified atom stereocenters. The van der Waals surface area contributed by atoms with Gasteiger partial charge in [-0.25, -0.2) is 19.5 Å². The number of nitrogens with one attached hydrogen (secondary N) is 1. The molecule has 9 aliphatic carbocycles. The topological polar surface area (TPSA) is 347 Å². The van der Waals surface area contributed by atoms with E-state index in [1.807, 2.05) is 0 Å². The van der Waals surface area contributed by atoms with E-state index in [-0.39, 0.29) is 157 Å². The van der Waals surface area contributed by atoms with Gasteiger partial charge in [-0.3, -0.25) is 20.6 Å². The van der Waals surface area contributed by atoms with Crippen LogP contribution in [0.1, 0.15) is 246 Å². The number of Topliss-reactive ketones (excluding diaryl/α,β-unsaturated/α-hetero) is 1. The Labute approximate surface area is 728 Å². The van der Waals surface area contributed by atoms with Crippen LogP contribution >= 0.6 is 0 Å². The molecule has 0 aromatic carbocycles. The van der Waals surface area contributed by atoms with Crippen molar-refractivity contribution in [1.82, 2.24) is 5.32 Å². The van der Waals surface area contributed by atoms with Crippen LogP contribution in [0.5, 0.6) is 0 Å². The van der Waals surface area contributed by atoms with Crippen molar-refractivity contribution in [2.24, 2.45) is 167 Å². The van der Waals surface area contributed by atoms with Crippen LogP contribution in [0.25, 0.3) is 0 Å². The number of rotatable bonds is 13. The Hall–Kier alpha value is 0.403. The Balaban J connectivity index is 0.000000254. The second-order valence-electron chi connectivity index (χ2n) is 41.0. The van der Waals surface area contributed by atoms with E-state index >= 15 is 0 Å². The van der Waals surface area contributed by atoms with Crippen molar-refractivity contribution in [1.29, 1.82) is 0 Å². The van der Waals surface area contributed by atoms with E-state index in [9.17, 15) is 61.1 Å². The summed E-state index contributed by atoms with van der Waals surface area (Å²) in [6.45, 7) is 67.5. The standard InChI is InChI=1S/C32H57NO5.C30H55NO3.C25H41NO9.2Ac/c1-16-14-17(2)32(12)21(6)19(4)25-20(5)24(28(38-36)27(34)23(8)33-29(35)37-13)15-31(11,30(25,9)10)22(7)26(32)18(16)3;1-15-13-16(2)30(12)20(6)18(4)24-19(5)23(27(34-33)26(32)22(8)31)14-29(11,28(24,9)10)21(7)25(30)17(15)3;1-10-13(19(35-33)17(28)12(3)26)8-25(32)11(2)20-23(6,14(27)7-15-24(20,31)9-34-15)21(30)18(29)16(10)22(25,4)5;;/h16-19,21-24,26-28,34,36H,14-15H2,1-13H3,(H,33,35);15-18,20-23,25-27,32-33H,13-14,31H2,1-12H3;11-15,17-20,27-29,31-33H,7-9,26H2,1-6H3;;/t16?,17?,18?,19?,21?,22?,23?,24?,26?,27?,28-,31?,32+;15?,16?,17?,18?,20?,21?,22?,23?,25?,26?,27-,29?,30+;11?,12?,13?,14?,15?,17?,18?,19-,20?,23-,24+,25?;;/m111../s1. The van der Waals surface area contributed by atoms with Gasteiger partial charge in [0.2, 0.25) is 0 Å². The van der Waals surface area contributed by atoms with Crippen LogP contribution in [0, 0.1) is 244 Å². The summed E-state index contributed by atoms with van der Waals surface area (Å²) in [7, 11) is 1.30. The van der Waals surface area contributed by atoms with Gasteiger partial charge in [-0.1, -0.05) is 187 Å². The van der Waals surface area contributed by atoms with Crippen molar-refractivity contribution >= 4 is 11.9 Å². The predicted molar refractivity (Wildman–Crippen MR) is 417 cm³/mol. The van der Waals surface area contributed by atoms with Crippen LogP contribution in [-0.4, -0.2) is 161 Å². The summed E-state index contributed by atoms with van der Waals surface area (Å²) < 4.78 is 10.3. The molecular weight excluding hydrogens is 1810 g/mol. The molecule has 0 aromatic heterocycles. The largest absolute Gasteiger partial charge is 0.453 e. The zero-order valence-electron chi connectivity index (χ0n) is 73.0. The third-order valence-electron chi connectivity index (χ3n) is 36.5. The molecule has 1 saturated heterocycles. The third-order valence-corrected chi connectivity index (χ3v) is 36.5. The average molecular weight is 1970 g/mol. The summed E-state index contributed by atoms with van der Waals surface area (Å²) in [6, 6.07) is -1.89. The number of aliphatic hydroxyl groups excluding tert-OH is 5. The van der Waals surface area contributed by atoms with Crippen molar-refractivity contribution in [3.05, 3.63) is 33.4 Å². The molecule has 22 heteroatoms. The van der Waals surface area contributed by atoms with Gasteiger partial charge in [0.15, 0.2) is 5.78 Å². The number of ether oxygens (including phenoxy) is 2. The van der Waals surface area contributed by atoms with Crippen molar-refractivity contribution < 1.29 is 173 Å². The van der Waals surface area contributed by atoms with Gasteiger partial charge in [0.05, 0.1) is 55.2 Å². The molecule has 7 fully saturated rings. The Morgan fingerprint density at radius 3 is 1.23 bits per heavy atom. The number of allylic oxidation sites excluding steroid dienone is 2. The second kappa shape index (κ2) is 34.5. The van der Waals surface area contributed by atoms with E-state index in [2.05, 4.69) is 158 Å². The summed E-state index contributed by atoms with van der Waals surface area (Å²) in [5.74, 6) is 4.45. The molecule has 10 aliphatic rings. The monoisotopic (exact) mass is 1970 g/mol. The first-order valence-electron chi connectivity index (χ1n) is 41.3. The van der Waals surface area contributed by atoms with Gasteiger partial charge in [-0.15, -0.1) is 0 Å². The minimum Gasteiger partial charge on any atom is -0.453 e. The predicted octanol–water partition coefficient (Wildman–Crippen LogP) is 13.7. The van der Waals surface area contributed by atoms with Gasteiger partial charge in [-0.2, -0.15) is 0 Å². The Morgan fingerprint density at radius 1 is 0.532 bits per heavy atom. The molecule has 0 spiro atoms. The molecule has 2 radical (unpaired) electrons. The van der Waals surface area contributed by atoms with E-state index < -0.39 is 125 Å². The van der Waals surface area contributed by atoms with E-state index in [1.54, 1.807) is 55.4 Å². The van der Waals surface area contributed by atoms with Gasteiger partial charge in [0.1, 0.15) is 36.1 Å². The number of hydrogen-bond acceptors (Lipinski definition) is 19. The molecule has 0 aromatic rings. The molecule has 624 valence electrons. The normalized spacial score (nSPS) is 47.2. The smallest absolute Gasteiger partial charge is 0.407 e. The number of nitrogens with two attached hydrogens (primary N) is 2. The second-order valence-corrected chi connectivity index (χ2v) is 41.0. The van der Waals surface area contributed by atoms with Crippen LogP contribution in [0.4, 0.5) is 4.79 Å². The maximum Gasteiger partial charge on any atom is 0.407 e. The number of aliphatic hydroxyl groups is 7. The van der Waals surface area contributed by atoms with Gasteiger partial charge < -0.3 is 62.0 Å². The van der Waals surface area contributed by atoms with Gasteiger partial charge in [0.25, 0.3) is 0 Å². The van der Waals surface area contributed by atoms with Crippen LogP contribution in [-0.2, 0) is 28.9 Å². The van der Waals surface area contributed by atoms with E-state index in [0.717, 1.165) is 12.8 Å². The quantitative estimate of drug-likeness (QED) is 0.0463. The maximum atomic E-state index is 14.0. The number of amides is 1. The van der Waals surface area contributed by atoms with Crippen molar-refractivity contribution in [2.75, 3.05) is 13.7 Å². The summed E-state index contributed by atoms with van der Waals surface area (Å²) in [6.07, 6.45) is -6.03. The van der Waals surface area contributed by atoms with Crippen molar-refractivity contribution in [3.8, 4) is 0 Å². The van der Waals surface area contributed by atoms with E-state index in [0.29, 0.717) is 88.4 Å². The van der Waals surface area contributed by atoms with Crippen molar-refractivity contribution in [3.63, 3.8) is 0 Å². The summed E-state index contributed by atoms with van der Waals surface area (Å²) >= 11 is 0. The van der Waals surface area contributed by atoms with Gasteiger partial charge >= 0.3 is 6.09 Å². The zero-order chi connectivity index (χ0) is 81.7. The minimum absolute atomic E-state index is 0. The van der Waals surface area contributed by atoms with Crippen LogP contribution in [0.3, 0.4) is 0 Å². The molecule has 20 nitrogen and oxygen atoms in total. The van der Waals surface area contributed by atoms with Gasteiger partial charge in [0, 0.05) is 136 Å². The average Bonchev–Trinajstić information content (AvgIpc) is 0.684. The maximum absolute atomic E-state index is 14.0. The SMILES string of the molecule is CC1=C2C(C)C(C)[C@]3(C)C(C)CC(C)C(C)C3C(C)C(C)(CC1[C@@H](OO)C(O)C(C)N)C2(C)C.CC1=C2C(O)C(=O)[C@]3(C)C(O)CC4OC[C@@]4(O)C3C(C)C(O)(CC1[C@@H](OO)C(O)C(C)N)C2(C)C.COC(=O)NC(C)C(O)[C@H](OO)C1CC2(C)C(C)C3C(C)C(C)CC(C)[C@@]3(C)C(C)C(C)C(=C1C)C2(C)C.[Ac].[Ac]. The molecular formula is C87H153Ac2N3O17. The molecule has 1 heterocycles. The fraction of sp³-hybridized carbons (Fsp3) is 0.908. The number of fused-ring (bicyclic) bond motifs is 11. The molecule has 109 heavy (non-hydrogen) atoms. The number of carbonyl (C=O) groups is 2. The third kappa shape index (κ3) is 15.0. The first kappa shape index (κ1) is 98.2. The summed E-state index contributed by atoms with van der Waals surface area (Å²) in [5, 5.41) is 113. The Bertz CT molecular complexity index is 3310. The number of methoxy groups -OCH3 is 1. The molecule has 1 amide bonds. The minimum atomic E-state index is -1.69. The van der Waals surface area contributed by atoms with Gasteiger partial charge in [-0.05, 0) is 207 Å². The Morgan fingerprint density at radius 2 is 0.890 bits per heavy atom.